The highest BCUT2D eigenvalue weighted by atomic mass is 32.1. The maximum absolute atomic E-state index is 5.52. The number of ether oxygens (including phenoxy) is 1. The van der Waals surface area contributed by atoms with Crippen LogP contribution in [0.25, 0.3) is 0 Å². The van der Waals surface area contributed by atoms with Crippen molar-refractivity contribution in [3.8, 4) is 0 Å². The molecule has 0 bridgehead atoms. The Morgan fingerprint density at radius 1 is 1.38 bits per heavy atom. The first kappa shape index (κ1) is 11.9. The SMILES string of the molecule is Cc1ccsc1CNCOCc1s[nH]c1C. The zero-order valence-electron chi connectivity index (χ0n) is 9.50. The lowest BCUT2D eigenvalue weighted by atomic mass is 10.3. The third-order valence-corrected chi connectivity index (χ3v) is 4.54. The van der Waals surface area contributed by atoms with E-state index in [1.165, 1.54) is 21.0 Å². The highest BCUT2D eigenvalue weighted by Crippen LogP contribution is 2.16. The molecule has 0 aromatic carbocycles. The minimum absolute atomic E-state index is 0.606. The number of aryl methyl sites for hydroxylation is 2. The molecule has 0 spiro atoms. The second kappa shape index (κ2) is 5.63. The van der Waals surface area contributed by atoms with Gasteiger partial charge in [0, 0.05) is 17.1 Å². The second-order valence-corrected chi connectivity index (χ2v) is 5.60. The quantitative estimate of drug-likeness (QED) is 0.616. The first-order valence-corrected chi connectivity index (χ1v) is 6.91. The number of aromatic nitrogens is 1. The molecule has 0 radical (unpaired) electrons. The summed E-state index contributed by atoms with van der Waals surface area (Å²) < 4.78 is 8.65. The normalized spacial score (nSPS) is 11.1. The number of hydrogen-bond donors (Lipinski definition) is 2. The van der Waals surface area contributed by atoms with Crippen LogP contribution in [0.3, 0.4) is 0 Å². The predicted molar refractivity (Wildman–Crippen MR) is 69.0 cm³/mol. The van der Waals surface area contributed by atoms with Crippen molar-refractivity contribution in [1.82, 2.24) is 9.69 Å². The summed E-state index contributed by atoms with van der Waals surface area (Å²) in [5.41, 5.74) is 2.59. The third kappa shape index (κ3) is 2.95. The van der Waals surface area contributed by atoms with Crippen molar-refractivity contribution in [2.24, 2.45) is 0 Å². The number of rotatable bonds is 6. The van der Waals surface area contributed by atoms with Crippen LogP contribution in [-0.4, -0.2) is 11.1 Å². The first-order chi connectivity index (χ1) is 7.77. The fourth-order valence-corrected chi connectivity index (χ4v) is 2.80. The van der Waals surface area contributed by atoms with Gasteiger partial charge in [-0.15, -0.1) is 11.3 Å². The molecule has 2 heterocycles. The molecule has 0 fully saturated rings. The molecule has 2 aromatic heterocycles. The topological polar surface area (TPSA) is 37.0 Å². The van der Waals surface area contributed by atoms with Gasteiger partial charge in [-0.1, -0.05) is 11.5 Å². The summed E-state index contributed by atoms with van der Waals surface area (Å²) in [5.74, 6) is 0. The van der Waals surface area contributed by atoms with Gasteiger partial charge in [0.15, 0.2) is 0 Å². The Hall–Kier alpha value is -0.620. The number of aromatic amines is 1. The number of hydrogen-bond acceptors (Lipinski definition) is 4. The molecule has 2 N–H and O–H groups in total. The van der Waals surface area contributed by atoms with E-state index in [9.17, 15) is 0 Å². The smallest absolute Gasteiger partial charge is 0.0973 e. The van der Waals surface area contributed by atoms with Gasteiger partial charge in [-0.3, -0.25) is 5.32 Å². The summed E-state index contributed by atoms with van der Waals surface area (Å²) in [5, 5.41) is 5.41. The molecule has 0 unspecified atom stereocenters. The minimum Gasteiger partial charge on any atom is -0.361 e. The van der Waals surface area contributed by atoms with Gasteiger partial charge >= 0.3 is 0 Å². The van der Waals surface area contributed by atoms with Crippen molar-refractivity contribution >= 4 is 22.9 Å². The monoisotopic (exact) mass is 256 g/mol. The van der Waals surface area contributed by atoms with Gasteiger partial charge < -0.3 is 9.11 Å². The Bertz CT molecular complexity index is 430. The van der Waals surface area contributed by atoms with Gasteiger partial charge in [0.05, 0.1) is 18.2 Å². The highest BCUT2D eigenvalue weighted by molar-refractivity contribution is 7.10. The van der Waals surface area contributed by atoms with Gasteiger partial charge in [0.1, 0.15) is 0 Å². The molecule has 88 valence electrons. The molecule has 3 nitrogen and oxygen atoms in total. The largest absolute Gasteiger partial charge is 0.361 e. The van der Waals surface area contributed by atoms with E-state index in [1.807, 2.05) is 0 Å². The average Bonchev–Trinajstić information content (AvgIpc) is 2.67. The van der Waals surface area contributed by atoms with Gasteiger partial charge in [0.25, 0.3) is 0 Å². The summed E-state index contributed by atoms with van der Waals surface area (Å²) in [6.45, 7) is 6.42. The Kier molecular flexibility index (Phi) is 4.17. The molecular weight excluding hydrogens is 240 g/mol. The fraction of sp³-hybridized carbons (Fsp3) is 0.455. The molecule has 0 saturated carbocycles. The maximum Gasteiger partial charge on any atom is 0.0973 e. The lowest BCUT2D eigenvalue weighted by molar-refractivity contribution is 0.104. The zero-order valence-corrected chi connectivity index (χ0v) is 11.1. The summed E-state index contributed by atoms with van der Waals surface area (Å²) in [6, 6.07) is 2.15. The molecule has 16 heavy (non-hydrogen) atoms. The van der Waals surface area contributed by atoms with Crippen LogP contribution in [0.5, 0.6) is 0 Å². The van der Waals surface area contributed by atoms with Crippen LogP contribution in [0.1, 0.15) is 21.0 Å². The summed E-state index contributed by atoms with van der Waals surface area (Å²) in [7, 11) is 0. The molecule has 0 aliphatic heterocycles. The summed E-state index contributed by atoms with van der Waals surface area (Å²) in [6.07, 6.45) is 0. The van der Waals surface area contributed by atoms with Gasteiger partial charge in [-0.05, 0) is 30.9 Å². The van der Waals surface area contributed by atoms with E-state index < -0.39 is 0 Å². The maximum atomic E-state index is 5.52. The van der Waals surface area contributed by atoms with Crippen LogP contribution >= 0.6 is 22.9 Å². The molecule has 0 amide bonds. The number of H-pyrrole nitrogens is 1. The van der Waals surface area contributed by atoms with Crippen LogP contribution in [-0.2, 0) is 17.9 Å². The van der Waals surface area contributed by atoms with Crippen LogP contribution in [0.2, 0.25) is 0 Å². The van der Waals surface area contributed by atoms with Crippen LogP contribution < -0.4 is 5.32 Å². The molecule has 0 aliphatic carbocycles. The number of nitrogens with one attached hydrogen (secondary N) is 2. The van der Waals surface area contributed by atoms with Crippen LogP contribution in [0, 0.1) is 13.8 Å². The average molecular weight is 256 g/mol. The molecule has 2 aromatic rings. The Balaban J connectivity index is 1.60. The molecule has 0 aliphatic rings. The van der Waals surface area contributed by atoms with Crippen molar-refractivity contribution in [3.05, 3.63) is 32.5 Å². The van der Waals surface area contributed by atoms with Crippen LogP contribution in [0.15, 0.2) is 11.4 Å². The van der Waals surface area contributed by atoms with Crippen LogP contribution in [0.4, 0.5) is 0 Å². The van der Waals surface area contributed by atoms with Gasteiger partial charge in [-0.2, -0.15) is 0 Å². The Morgan fingerprint density at radius 2 is 2.25 bits per heavy atom. The Morgan fingerprint density at radius 3 is 2.81 bits per heavy atom. The second-order valence-electron chi connectivity index (χ2n) is 3.70. The lowest BCUT2D eigenvalue weighted by Gasteiger charge is -2.09. The summed E-state index contributed by atoms with van der Waals surface area (Å²) >= 11 is 3.44. The van der Waals surface area contributed by atoms with E-state index in [-0.39, 0.29) is 0 Å². The summed E-state index contributed by atoms with van der Waals surface area (Å²) in [4.78, 5) is 2.69. The standard InChI is InChI=1S/C11H16N2OS2/c1-8-3-4-15-10(8)5-12-7-14-6-11-9(2)13-16-11/h3-4,12-13H,5-7H2,1-2H3. The van der Waals surface area contributed by atoms with Crippen molar-refractivity contribution < 1.29 is 4.74 Å². The van der Waals surface area contributed by atoms with Crippen molar-refractivity contribution in [1.29, 1.82) is 0 Å². The van der Waals surface area contributed by atoms with Gasteiger partial charge in [0.2, 0.25) is 0 Å². The van der Waals surface area contributed by atoms with E-state index in [2.05, 4.69) is 35.0 Å². The molecular formula is C11H16N2OS2. The molecule has 0 atom stereocenters. The predicted octanol–water partition coefficient (Wildman–Crippen LogP) is 3.02. The van der Waals surface area contributed by atoms with Crippen molar-refractivity contribution in [2.75, 3.05) is 6.73 Å². The molecule has 5 heteroatoms. The Labute approximate surface area is 104 Å². The number of thiophene rings is 1. The van der Waals surface area contributed by atoms with E-state index in [0.29, 0.717) is 13.3 Å². The van der Waals surface area contributed by atoms with E-state index in [1.54, 1.807) is 22.9 Å². The molecule has 0 saturated heterocycles. The van der Waals surface area contributed by atoms with Crippen molar-refractivity contribution in [2.45, 2.75) is 27.0 Å². The first-order valence-electron chi connectivity index (χ1n) is 5.21. The van der Waals surface area contributed by atoms with E-state index >= 15 is 0 Å². The van der Waals surface area contributed by atoms with E-state index in [4.69, 9.17) is 4.74 Å². The third-order valence-electron chi connectivity index (χ3n) is 2.44. The minimum atomic E-state index is 0.606. The van der Waals surface area contributed by atoms with E-state index in [0.717, 1.165) is 6.54 Å². The highest BCUT2D eigenvalue weighted by Gasteiger charge is 2.03. The van der Waals surface area contributed by atoms with Gasteiger partial charge in [-0.25, -0.2) is 0 Å². The molecule has 2 rings (SSSR count). The zero-order chi connectivity index (χ0) is 11.4. The lowest BCUT2D eigenvalue weighted by Crippen LogP contribution is -2.17. The fourth-order valence-electron chi connectivity index (χ4n) is 1.33. The van der Waals surface area contributed by atoms with Crippen molar-refractivity contribution in [3.63, 3.8) is 0 Å².